The van der Waals surface area contributed by atoms with Crippen LogP contribution in [0.5, 0.6) is 0 Å². The molecule has 1 aliphatic heterocycles. The minimum absolute atomic E-state index is 0.614. The summed E-state index contributed by atoms with van der Waals surface area (Å²) in [4.78, 5) is 4.61. The van der Waals surface area contributed by atoms with Gasteiger partial charge in [-0.25, -0.2) is 0 Å². The highest BCUT2D eigenvalue weighted by Gasteiger charge is 2.29. The number of nitrogens with one attached hydrogen (secondary N) is 1. The van der Waals surface area contributed by atoms with Crippen LogP contribution in [0.4, 0.5) is 0 Å². The predicted molar refractivity (Wildman–Crippen MR) is 79.3 cm³/mol. The summed E-state index contributed by atoms with van der Waals surface area (Å²) in [6.07, 6.45) is 5.52. The summed E-state index contributed by atoms with van der Waals surface area (Å²) in [6.45, 7) is 6.73. The number of hydrogen-bond acceptors (Lipinski definition) is 3. The van der Waals surface area contributed by atoms with Crippen LogP contribution in [0.15, 0.2) is 4.99 Å². The Labute approximate surface area is 115 Å². The van der Waals surface area contributed by atoms with Gasteiger partial charge in [0.25, 0.3) is 0 Å². The number of hydrogen-bond donors (Lipinski definition) is 1. The van der Waals surface area contributed by atoms with E-state index in [-0.39, 0.29) is 0 Å². The lowest BCUT2D eigenvalue weighted by atomic mass is 9.86. The quantitative estimate of drug-likeness (QED) is 0.780. The van der Waals surface area contributed by atoms with Crippen LogP contribution in [0.3, 0.4) is 0 Å². The molecular weight excluding hydrogens is 244 g/mol. The third kappa shape index (κ3) is 4.47. The average molecular weight is 270 g/mol. The predicted octanol–water partition coefficient (Wildman–Crippen LogP) is 2.91. The Morgan fingerprint density at radius 1 is 1.39 bits per heavy atom. The van der Waals surface area contributed by atoms with Gasteiger partial charge >= 0.3 is 0 Å². The van der Waals surface area contributed by atoms with Crippen molar-refractivity contribution in [3.05, 3.63) is 0 Å². The Morgan fingerprint density at radius 2 is 2.22 bits per heavy atom. The van der Waals surface area contributed by atoms with Crippen molar-refractivity contribution in [1.82, 2.24) is 5.32 Å². The summed E-state index contributed by atoms with van der Waals surface area (Å²) in [5, 5.41) is 4.76. The van der Waals surface area contributed by atoms with Gasteiger partial charge in [0.2, 0.25) is 0 Å². The lowest BCUT2D eigenvalue weighted by Crippen LogP contribution is -2.46. The van der Waals surface area contributed by atoms with Gasteiger partial charge < -0.3 is 10.1 Å². The summed E-state index contributed by atoms with van der Waals surface area (Å²) < 4.78 is 5.55. The van der Waals surface area contributed by atoms with E-state index in [1.54, 1.807) is 0 Å². The number of ether oxygens (including phenoxy) is 1. The highest BCUT2D eigenvalue weighted by Crippen LogP contribution is 2.31. The standard InChI is InChI=1S/C14H26N2OS/c1-11(2)9-17-8-7-15-14-16-13-6-4-3-5-12(13)10-18-14/h11-13H,3-10H2,1-2H3,(H,15,16). The monoisotopic (exact) mass is 270 g/mol. The zero-order chi connectivity index (χ0) is 12.8. The van der Waals surface area contributed by atoms with Crippen LogP contribution in [0, 0.1) is 11.8 Å². The zero-order valence-electron chi connectivity index (χ0n) is 11.7. The van der Waals surface area contributed by atoms with Crippen molar-refractivity contribution in [2.24, 2.45) is 16.8 Å². The van der Waals surface area contributed by atoms with Crippen LogP contribution >= 0.6 is 11.8 Å². The van der Waals surface area contributed by atoms with E-state index in [1.165, 1.54) is 31.4 Å². The number of aliphatic imine (C=N–C) groups is 1. The fourth-order valence-electron chi connectivity index (χ4n) is 2.61. The van der Waals surface area contributed by atoms with E-state index >= 15 is 0 Å². The topological polar surface area (TPSA) is 33.6 Å². The van der Waals surface area contributed by atoms with Crippen molar-refractivity contribution >= 4 is 16.9 Å². The first-order chi connectivity index (χ1) is 8.75. The highest BCUT2D eigenvalue weighted by molar-refractivity contribution is 8.13. The van der Waals surface area contributed by atoms with Gasteiger partial charge in [0.05, 0.1) is 13.2 Å². The smallest absolute Gasteiger partial charge is 0.156 e. The van der Waals surface area contributed by atoms with E-state index in [4.69, 9.17) is 4.74 Å². The minimum Gasteiger partial charge on any atom is -0.379 e. The fraction of sp³-hybridized carbons (Fsp3) is 0.929. The summed E-state index contributed by atoms with van der Waals surface area (Å²) >= 11 is 1.90. The van der Waals surface area contributed by atoms with Crippen LogP contribution in [-0.2, 0) is 4.74 Å². The van der Waals surface area contributed by atoms with Crippen molar-refractivity contribution in [3.8, 4) is 0 Å². The number of rotatable bonds is 5. The molecule has 1 heterocycles. The lowest BCUT2D eigenvalue weighted by molar-refractivity contribution is 0.117. The zero-order valence-corrected chi connectivity index (χ0v) is 12.5. The van der Waals surface area contributed by atoms with Crippen LogP contribution in [-0.4, -0.2) is 36.7 Å². The number of fused-ring (bicyclic) bond motifs is 1. The molecule has 1 N–H and O–H groups in total. The lowest BCUT2D eigenvalue weighted by Gasteiger charge is -2.36. The first-order valence-corrected chi connectivity index (χ1v) is 8.26. The molecule has 3 nitrogen and oxygen atoms in total. The molecule has 2 unspecified atom stereocenters. The molecule has 2 aliphatic rings. The number of amidine groups is 1. The second-order valence-electron chi connectivity index (χ2n) is 5.76. The van der Waals surface area contributed by atoms with E-state index in [9.17, 15) is 0 Å². The van der Waals surface area contributed by atoms with Crippen molar-refractivity contribution in [1.29, 1.82) is 0 Å². The molecule has 1 saturated carbocycles. The first kappa shape index (κ1) is 14.2. The fourth-order valence-corrected chi connectivity index (χ4v) is 3.79. The van der Waals surface area contributed by atoms with Gasteiger partial charge in [-0.1, -0.05) is 38.5 Å². The van der Waals surface area contributed by atoms with Crippen LogP contribution in [0.25, 0.3) is 0 Å². The third-order valence-corrected chi connectivity index (χ3v) is 4.71. The second-order valence-corrected chi connectivity index (χ2v) is 6.77. The second kappa shape index (κ2) is 7.39. The minimum atomic E-state index is 0.614. The van der Waals surface area contributed by atoms with E-state index in [0.29, 0.717) is 12.0 Å². The van der Waals surface area contributed by atoms with Crippen molar-refractivity contribution in [2.75, 3.05) is 25.5 Å². The SMILES string of the molecule is CC(C)COCCN=C1NC2CCCCC2CS1. The van der Waals surface area contributed by atoms with Crippen molar-refractivity contribution in [2.45, 2.75) is 45.6 Å². The number of thioether (sulfide) groups is 1. The Balaban J connectivity index is 1.66. The third-order valence-electron chi connectivity index (χ3n) is 3.59. The molecule has 0 amide bonds. The maximum Gasteiger partial charge on any atom is 0.156 e. The molecule has 1 aliphatic carbocycles. The molecule has 4 heteroatoms. The number of nitrogens with zero attached hydrogens (tertiary/aromatic N) is 1. The summed E-state index contributed by atoms with van der Waals surface area (Å²) in [7, 11) is 0. The van der Waals surface area contributed by atoms with Gasteiger partial charge in [0.15, 0.2) is 5.17 Å². The van der Waals surface area contributed by atoms with Crippen molar-refractivity contribution in [3.63, 3.8) is 0 Å². The summed E-state index contributed by atoms with van der Waals surface area (Å²) in [6, 6.07) is 0.690. The molecule has 2 fully saturated rings. The van der Waals surface area contributed by atoms with Gasteiger partial charge in [-0.05, 0) is 24.7 Å². The largest absolute Gasteiger partial charge is 0.379 e. The molecular formula is C14H26N2OS. The van der Waals surface area contributed by atoms with E-state index in [0.717, 1.165) is 30.8 Å². The maximum atomic E-state index is 5.55. The molecule has 0 radical (unpaired) electrons. The molecule has 0 spiro atoms. The Bertz CT molecular complexity index is 281. The summed E-state index contributed by atoms with van der Waals surface area (Å²) in [5.41, 5.74) is 0. The molecule has 2 rings (SSSR count). The van der Waals surface area contributed by atoms with Gasteiger partial charge in [0.1, 0.15) is 0 Å². The first-order valence-electron chi connectivity index (χ1n) is 7.27. The van der Waals surface area contributed by atoms with E-state index in [2.05, 4.69) is 24.2 Å². The average Bonchev–Trinajstić information content (AvgIpc) is 2.38. The Kier molecular flexibility index (Phi) is 5.83. The normalized spacial score (nSPS) is 30.3. The molecule has 18 heavy (non-hydrogen) atoms. The van der Waals surface area contributed by atoms with Gasteiger partial charge in [-0.2, -0.15) is 0 Å². The Hall–Kier alpha value is -0.220. The summed E-state index contributed by atoms with van der Waals surface area (Å²) in [5.74, 6) is 2.74. The molecule has 1 saturated heterocycles. The maximum absolute atomic E-state index is 5.55. The van der Waals surface area contributed by atoms with Gasteiger partial charge in [-0.15, -0.1) is 0 Å². The molecule has 2 atom stereocenters. The highest BCUT2D eigenvalue weighted by atomic mass is 32.2. The molecule has 0 aromatic carbocycles. The molecule has 0 aromatic rings. The Morgan fingerprint density at radius 3 is 3.06 bits per heavy atom. The van der Waals surface area contributed by atoms with Gasteiger partial charge in [-0.3, -0.25) is 4.99 Å². The van der Waals surface area contributed by atoms with Crippen molar-refractivity contribution < 1.29 is 4.74 Å². The van der Waals surface area contributed by atoms with Gasteiger partial charge in [0, 0.05) is 18.4 Å². The van der Waals surface area contributed by atoms with E-state index in [1.807, 2.05) is 11.8 Å². The molecule has 0 bridgehead atoms. The van der Waals surface area contributed by atoms with Crippen LogP contribution < -0.4 is 5.32 Å². The molecule has 0 aromatic heterocycles. The molecule has 104 valence electrons. The van der Waals surface area contributed by atoms with Crippen LogP contribution in [0.1, 0.15) is 39.5 Å². The van der Waals surface area contributed by atoms with Crippen LogP contribution in [0.2, 0.25) is 0 Å². The van der Waals surface area contributed by atoms with E-state index < -0.39 is 0 Å².